The van der Waals surface area contributed by atoms with Crippen LogP contribution >= 0.6 is 11.6 Å². The Labute approximate surface area is 116 Å². The third kappa shape index (κ3) is 2.71. The summed E-state index contributed by atoms with van der Waals surface area (Å²) in [6.45, 7) is 0. The number of rotatable bonds is 3. The lowest BCUT2D eigenvalue weighted by atomic mass is 10.0. The third-order valence-electron chi connectivity index (χ3n) is 2.75. The summed E-state index contributed by atoms with van der Waals surface area (Å²) >= 11 is 6.07. The molecule has 0 unspecified atom stereocenters. The Kier molecular flexibility index (Phi) is 4.07. The van der Waals surface area contributed by atoms with Gasteiger partial charge in [0.1, 0.15) is 11.3 Å². The van der Waals surface area contributed by atoms with Crippen LogP contribution in [0.4, 0.5) is 0 Å². The van der Waals surface area contributed by atoms with Gasteiger partial charge in [0.25, 0.3) is 0 Å². The number of halogens is 1. The average molecular weight is 277 g/mol. The Balaban J connectivity index is 2.67. The van der Waals surface area contributed by atoms with E-state index in [-0.39, 0.29) is 0 Å². The molecule has 4 heteroatoms. The number of ether oxygens (including phenoxy) is 2. The second-order valence-corrected chi connectivity index (χ2v) is 4.33. The Bertz CT molecular complexity index is 594. The van der Waals surface area contributed by atoms with E-state index in [2.05, 4.69) is 0 Å². The SMILES string of the molecule is COC(=O)c1cc(Cl)cc(-c2ccccc2)c1OC. The molecule has 0 aliphatic rings. The Morgan fingerprint density at radius 1 is 1.11 bits per heavy atom. The second kappa shape index (κ2) is 5.76. The lowest BCUT2D eigenvalue weighted by molar-refractivity contribution is 0.0597. The van der Waals surface area contributed by atoms with Crippen molar-refractivity contribution in [2.75, 3.05) is 14.2 Å². The molecule has 0 radical (unpaired) electrons. The smallest absolute Gasteiger partial charge is 0.341 e. The Morgan fingerprint density at radius 2 is 1.79 bits per heavy atom. The first kappa shape index (κ1) is 13.4. The first-order valence-corrected chi connectivity index (χ1v) is 6.06. The summed E-state index contributed by atoms with van der Waals surface area (Å²) in [7, 11) is 2.84. The molecule has 3 nitrogen and oxygen atoms in total. The number of carbonyl (C=O) groups is 1. The van der Waals surface area contributed by atoms with Gasteiger partial charge in [-0.3, -0.25) is 0 Å². The number of hydrogen-bond acceptors (Lipinski definition) is 3. The van der Waals surface area contributed by atoms with E-state index < -0.39 is 5.97 Å². The molecule has 0 fully saturated rings. The van der Waals surface area contributed by atoms with Crippen LogP contribution in [0.3, 0.4) is 0 Å². The predicted octanol–water partition coefficient (Wildman–Crippen LogP) is 3.80. The van der Waals surface area contributed by atoms with Crippen molar-refractivity contribution in [2.24, 2.45) is 0 Å². The number of methoxy groups -OCH3 is 2. The van der Waals surface area contributed by atoms with E-state index in [0.29, 0.717) is 16.3 Å². The van der Waals surface area contributed by atoms with Gasteiger partial charge in [-0.15, -0.1) is 0 Å². The molecule has 2 rings (SSSR count). The van der Waals surface area contributed by atoms with Crippen LogP contribution in [0.2, 0.25) is 5.02 Å². The molecular weight excluding hydrogens is 264 g/mol. The number of benzene rings is 2. The highest BCUT2D eigenvalue weighted by Gasteiger charge is 2.18. The first-order valence-electron chi connectivity index (χ1n) is 5.68. The Morgan fingerprint density at radius 3 is 2.37 bits per heavy atom. The van der Waals surface area contributed by atoms with Gasteiger partial charge in [0, 0.05) is 10.6 Å². The predicted molar refractivity (Wildman–Crippen MR) is 74.8 cm³/mol. The summed E-state index contributed by atoms with van der Waals surface area (Å²) in [6, 6.07) is 12.9. The minimum absolute atomic E-state index is 0.316. The zero-order chi connectivity index (χ0) is 13.8. The molecule has 0 saturated heterocycles. The van der Waals surface area contributed by atoms with E-state index in [9.17, 15) is 4.79 Å². The highest BCUT2D eigenvalue weighted by molar-refractivity contribution is 6.31. The molecule has 0 aliphatic carbocycles. The van der Waals surface area contributed by atoms with E-state index in [1.807, 2.05) is 30.3 Å². The molecule has 2 aromatic carbocycles. The van der Waals surface area contributed by atoms with E-state index >= 15 is 0 Å². The Hall–Kier alpha value is -2.00. The van der Waals surface area contributed by atoms with Gasteiger partial charge in [-0.05, 0) is 17.7 Å². The maximum Gasteiger partial charge on any atom is 0.341 e. The zero-order valence-electron chi connectivity index (χ0n) is 10.6. The highest BCUT2D eigenvalue weighted by atomic mass is 35.5. The quantitative estimate of drug-likeness (QED) is 0.800. The van der Waals surface area contributed by atoms with Crippen LogP contribution in [-0.2, 0) is 4.74 Å². The first-order chi connectivity index (χ1) is 9.17. The molecular formula is C15H13ClO3. The molecule has 0 aliphatic heterocycles. The molecule has 0 amide bonds. The maximum atomic E-state index is 11.8. The standard InChI is InChI=1S/C15H13ClO3/c1-18-14-12(10-6-4-3-5-7-10)8-11(16)9-13(14)15(17)19-2/h3-9H,1-2H3. The summed E-state index contributed by atoms with van der Waals surface area (Å²) in [6.07, 6.45) is 0. The molecule has 0 spiro atoms. The normalized spacial score (nSPS) is 10.1. The topological polar surface area (TPSA) is 35.5 Å². The number of carbonyl (C=O) groups excluding carboxylic acids is 1. The van der Waals surface area contributed by atoms with Gasteiger partial charge < -0.3 is 9.47 Å². The summed E-state index contributed by atoms with van der Waals surface area (Å²) in [5.74, 6) is -0.0148. The van der Waals surface area contributed by atoms with E-state index in [1.54, 1.807) is 12.1 Å². The van der Waals surface area contributed by atoms with Gasteiger partial charge in [0.15, 0.2) is 0 Å². The van der Waals surface area contributed by atoms with Crippen molar-refractivity contribution in [2.45, 2.75) is 0 Å². The van der Waals surface area contributed by atoms with Crippen molar-refractivity contribution in [3.8, 4) is 16.9 Å². The van der Waals surface area contributed by atoms with Crippen LogP contribution in [0.5, 0.6) is 5.75 Å². The van der Waals surface area contributed by atoms with Crippen molar-refractivity contribution >= 4 is 17.6 Å². The molecule has 98 valence electrons. The van der Waals surface area contributed by atoms with Crippen LogP contribution in [0, 0.1) is 0 Å². The van der Waals surface area contributed by atoms with Crippen molar-refractivity contribution in [3.05, 3.63) is 53.1 Å². The van der Waals surface area contributed by atoms with Crippen LogP contribution in [0.1, 0.15) is 10.4 Å². The fraction of sp³-hybridized carbons (Fsp3) is 0.133. The average Bonchev–Trinajstić information content (AvgIpc) is 2.46. The molecule has 0 saturated carbocycles. The maximum absolute atomic E-state index is 11.8. The fourth-order valence-electron chi connectivity index (χ4n) is 1.91. The lowest BCUT2D eigenvalue weighted by Gasteiger charge is -2.13. The monoisotopic (exact) mass is 276 g/mol. The summed E-state index contributed by atoms with van der Waals surface area (Å²) in [5.41, 5.74) is 2.00. The summed E-state index contributed by atoms with van der Waals surface area (Å²) < 4.78 is 10.1. The lowest BCUT2D eigenvalue weighted by Crippen LogP contribution is -2.05. The summed E-state index contributed by atoms with van der Waals surface area (Å²) in [4.78, 5) is 11.8. The molecule has 0 N–H and O–H groups in total. The van der Waals surface area contributed by atoms with E-state index in [4.69, 9.17) is 21.1 Å². The second-order valence-electron chi connectivity index (χ2n) is 3.89. The van der Waals surface area contributed by atoms with Gasteiger partial charge in [-0.2, -0.15) is 0 Å². The number of hydrogen-bond donors (Lipinski definition) is 0. The molecule has 0 aromatic heterocycles. The van der Waals surface area contributed by atoms with Crippen molar-refractivity contribution < 1.29 is 14.3 Å². The molecule has 0 bridgehead atoms. The third-order valence-corrected chi connectivity index (χ3v) is 2.97. The largest absolute Gasteiger partial charge is 0.495 e. The molecule has 0 heterocycles. The molecule has 0 atom stereocenters. The van der Waals surface area contributed by atoms with Gasteiger partial charge in [-0.1, -0.05) is 41.9 Å². The van der Waals surface area contributed by atoms with Gasteiger partial charge >= 0.3 is 5.97 Å². The van der Waals surface area contributed by atoms with Gasteiger partial charge in [-0.25, -0.2) is 4.79 Å². The minimum atomic E-state index is -0.475. The van der Waals surface area contributed by atoms with Gasteiger partial charge in [0.05, 0.1) is 14.2 Å². The van der Waals surface area contributed by atoms with E-state index in [1.165, 1.54) is 14.2 Å². The van der Waals surface area contributed by atoms with Crippen molar-refractivity contribution in [1.29, 1.82) is 0 Å². The summed E-state index contributed by atoms with van der Waals surface area (Å²) in [5, 5.41) is 0.458. The highest BCUT2D eigenvalue weighted by Crippen LogP contribution is 2.36. The fourth-order valence-corrected chi connectivity index (χ4v) is 2.13. The molecule has 2 aromatic rings. The van der Waals surface area contributed by atoms with Crippen molar-refractivity contribution in [3.63, 3.8) is 0 Å². The van der Waals surface area contributed by atoms with Crippen LogP contribution in [0.15, 0.2) is 42.5 Å². The van der Waals surface area contributed by atoms with E-state index in [0.717, 1.165) is 11.1 Å². The minimum Gasteiger partial charge on any atom is -0.495 e. The number of esters is 1. The van der Waals surface area contributed by atoms with Gasteiger partial charge in [0.2, 0.25) is 0 Å². The van der Waals surface area contributed by atoms with Crippen LogP contribution < -0.4 is 4.74 Å². The molecule has 19 heavy (non-hydrogen) atoms. The van der Waals surface area contributed by atoms with Crippen molar-refractivity contribution in [1.82, 2.24) is 0 Å². The van der Waals surface area contributed by atoms with Crippen LogP contribution in [-0.4, -0.2) is 20.2 Å². The zero-order valence-corrected chi connectivity index (χ0v) is 11.4. The van der Waals surface area contributed by atoms with Crippen LogP contribution in [0.25, 0.3) is 11.1 Å².